The normalized spacial score (nSPS) is 10.6. The fourth-order valence-electron chi connectivity index (χ4n) is 1.54. The lowest BCUT2D eigenvalue weighted by molar-refractivity contribution is -0.118. The van der Waals surface area contributed by atoms with Gasteiger partial charge in [0.25, 0.3) is 0 Å². The van der Waals surface area contributed by atoms with Gasteiger partial charge in [0.1, 0.15) is 5.78 Å². The standard InChI is InChI=1S/C12H18BrNOS/c13-11-6-8-16-12(11)9-10(15)5-3-1-2-4-7-14/h6,8H,1-5,7,9,14H2. The summed E-state index contributed by atoms with van der Waals surface area (Å²) in [5.74, 6) is 0.343. The molecule has 0 saturated heterocycles. The predicted molar refractivity (Wildman–Crippen MR) is 72.9 cm³/mol. The quantitative estimate of drug-likeness (QED) is 0.747. The molecule has 0 aliphatic carbocycles. The van der Waals surface area contributed by atoms with Gasteiger partial charge in [-0.15, -0.1) is 11.3 Å². The van der Waals surface area contributed by atoms with Gasteiger partial charge in [-0.25, -0.2) is 0 Å². The molecular weight excluding hydrogens is 286 g/mol. The number of ketones is 1. The second kappa shape index (κ2) is 7.98. The first kappa shape index (κ1) is 13.9. The summed E-state index contributed by atoms with van der Waals surface area (Å²) in [5, 5.41) is 2.01. The molecule has 2 nitrogen and oxygen atoms in total. The summed E-state index contributed by atoms with van der Waals surface area (Å²) in [5.41, 5.74) is 5.41. The van der Waals surface area contributed by atoms with Crippen LogP contribution in [0.1, 0.15) is 37.0 Å². The molecule has 0 unspecified atom stereocenters. The molecule has 0 aliphatic rings. The van der Waals surface area contributed by atoms with Crippen LogP contribution in [0.4, 0.5) is 0 Å². The van der Waals surface area contributed by atoms with Crippen LogP contribution in [0.2, 0.25) is 0 Å². The smallest absolute Gasteiger partial charge is 0.138 e. The minimum absolute atomic E-state index is 0.343. The number of carbonyl (C=O) groups excluding carboxylic acids is 1. The van der Waals surface area contributed by atoms with E-state index in [2.05, 4.69) is 15.9 Å². The first-order chi connectivity index (χ1) is 7.74. The average Bonchev–Trinajstić information content (AvgIpc) is 2.64. The van der Waals surface area contributed by atoms with Gasteiger partial charge in [-0.05, 0) is 46.8 Å². The number of halogens is 1. The molecule has 0 spiro atoms. The Kier molecular flexibility index (Phi) is 6.92. The highest BCUT2D eigenvalue weighted by Crippen LogP contribution is 2.23. The highest BCUT2D eigenvalue weighted by atomic mass is 79.9. The van der Waals surface area contributed by atoms with Crippen molar-refractivity contribution in [1.82, 2.24) is 0 Å². The van der Waals surface area contributed by atoms with E-state index in [1.165, 1.54) is 0 Å². The molecular formula is C12H18BrNOS. The molecule has 1 heterocycles. The van der Waals surface area contributed by atoms with Gasteiger partial charge in [0.2, 0.25) is 0 Å². The number of hydrogen-bond acceptors (Lipinski definition) is 3. The van der Waals surface area contributed by atoms with Gasteiger partial charge in [0.15, 0.2) is 0 Å². The fraction of sp³-hybridized carbons (Fsp3) is 0.583. The average molecular weight is 304 g/mol. The van der Waals surface area contributed by atoms with Crippen LogP contribution >= 0.6 is 27.3 Å². The second-order valence-corrected chi connectivity index (χ2v) is 5.72. The lowest BCUT2D eigenvalue weighted by atomic mass is 10.1. The van der Waals surface area contributed by atoms with Crippen LogP contribution in [-0.2, 0) is 11.2 Å². The molecule has 16 heavy (non-hydrogen) atoms. The highest BCUT2D eigenvalue weighted by Gasteiger charge is 2.07. The topological polar surface area (TPSA) is 43.1 Å². The Hall–Kier alpha value is -0.190. The van der Waals surface area contributed by atoms with Crippen molar-refractivity contribution in [3.05, 3.63) is 20.8 Å². The summed E-state index contributed by atoms with van der Waals surface area (Å²) >= 11 is 5.08. The third kappa shape index (κ3) is 5.23. The largest absolute Gasteiger partial charge is 0.330 e. The van der Waals surface area contributed by atoms with E-state index in [9.17, 15) is 4.79 Å². The Morgan fingerprint density at radius 3 is 2.69 bits per heavy atom. The van der Waals surface area contributed by atoms with Crippen LogP contribution in [0.3, 0.4) is 0 Å². The van der Waals surface area contributed by atoms with Crippen LogP contribution in [0.5, 0.6) is 0 Å². The number of nitrogens with two attached hydrogens (primary N) is 1. The van der Waals surface area contributed by atoms with Gasteiger partial charge in [-0.3, -0.25) is 4.79 Å². The maximum Gasteiger partial charge on any atom is 0.138 e. The summed E-state index contributed by atoms with van der Waals surface area (Å²) in [7, 11) is 0. The molecule has 4 heteroatoms. The zero-order valence-corrected chi connectivity index (χ0v) is 11.8. The SMILES string of the molecule is NCCCCCCC(=O)Cc1sccc1Br. The van der Waals surface area contributed by atoms with Gasteiger partial charge in [-0.1, -0.05) is 12.8 Å². The monoisotopic (exact) mass is 303 g/mol. The van der Waals surface area contributed by atoms with E-state index in [1.807, 2.05) is 11.4 Å². The Morgan fingerprint density at radius 1 is 1.31 bits per heavy atom. The molecule has 0 aliphatic heterocycles. The molecule has 0 bridgehead atoms. The lowest BCUT2D eigenvalue weighted by Gasteiger charge is -2.00. The molecule has 0 atom stereocenters. The number of hydrogen-bond donors (Lipinski definition) is 1. The highest BCUT2D eigenvalue weighted by molar-refractivity contribution is 9.10. The van der Waals surface area contributed by atoms with E-state index in [0.717, 1.165) is 41.6 Å². The maximum atomic E-state index is 11.7. The van der Waals surface area contributed by atoms with Gasteiger partial charge < -0.3 is 5.73 Å². The molecule has 0 radical (unpaired) electrons. The van der Waals surface area contributed by atoms with E-state index in [1.54, 1.807) is 11.3 Å². The van der Waals surface area contributed by atoms with E-state index in [4.69, 9.17) is 5.73 Å². The first-order valence-electron chi connectivity index (χ1n) is 5.67. The Labute approximate surface area is 109 Å². The molecule has 0 fully saturated rings. The van der Waals surface area contributed by atoms with Crippen LogP contribution in [0.15, 0.2) is 15.9 Å². The first-order valence-corrected chi connectivity index (χ1v) is 7.35. The number of Topliss-reactive ketones (excluding diaryl/α,β-unsaturated/α-hetero) is 1. The molecule has 90 valence electrons. The van der Waals surface area contributed by atoms with Crippen molar-refractivity contribution in [2.45, 2.75) is 38.5 Å². The van der Waals surface area contributed by atoms with E-state index < -0.39 is 0 Å². The van der Waals surface area contributed by atoms with Gasteiger partial charge in [0, 0.05) is 22.2 Å². The van der Waals surface area contributed by atoms with Crippen LogP contribution in [0.25, 0.3) is 0 Å². The van der Waals surface area contributed by atoms with Crippen LogP contribution in [0, 0.1) is 0 Å². The zero-order valence-electron chi connectivity index (χ0n) is 9.38. The van der Waals surface area contributed by atoms with Gasteiger partial charge >= 0.3 is 0 Å². The van der Waals surface area contributed by atoms with E-state index in [-0.39, 0.29) is 0 Å². The summed E-state index contributed by atoms with van der Waals surface area (Å²) in [6, 6.07) is 1.99. The lowest BCUT2D eigenvalue weighted by Crippen LogP contribution is -2.02. The fourth-order valence-corrected chi connectivity index (χ4v) is 3.06. The Morgan fingerprint density at radius 2 is 2.06 bits per heavy atom. The summed E-state index contributed by atoms with van der Waals surface area (Å²) in [6.45, 7) is 0.760. The van der Waals surface area contributed by atoms with Crippen LogP contribution in [-0.4, -0.2) is 12.3 Å². The van der Waals surface area contributed by atoms with E-state index >= 15 is 0 Å². The van der Waals surface area contributed by atoms with Crippen molar-refractivity contribution in [3.8, 4) is 0 Å². The second-order valence-electron chi connectivity index (χ2n) is 3.86. The molecule has 2 N–H and O–H groups in total. The van der Waals surface area contributed by atoms with Gasteiger partial charge in [-0.2, -0.15) is 0 Å². The zero-order chi connectivity index (χ0) is 11.8. The minimum atomic E-state index is 0.343. The molecule has 1 aromatic rings. The third-order valence-corrected chi connectivity index (χ3v) is 4.38. The summed E-state index contributed by atoms with van der Waals surface area (Å²) < 4.78 is 1.06. The molecule has 0 amide bonds. The van der Waals surface area contributed by atoms with Crippen molar-refractivity contribution >= 4 is 33.0 Å². The summed E-state index contributed by atoms with van der Waals surface area (Å²) in [4.78, 5) is 12.8. The van der Waals surface area contributed by atoms with Gasteiger partial charge in [0.05, 0.1) is 0 Å². The van der Waals surface area contributed by atoms with E-state index in [0.29, 0.717) is 18.6 Å². The van der Waals surface area contributed by atoms with Crippen molar-refractivity contribution in [3.63, 3.8) is 0 Å². The molecule has 1 aromatic heterocycles. The molecule has 0 saturated carbocycles. The molecule has 1 rings (SSSR count). The number of thiophene rings is 1. The van der Waals surface area contributed by atoms with Crippen molar-refractivity contribution in [2.24, 2.45) is 5.73 Å². The Balaban J connectivity index is 2.14. The summed E-state index contributed by atoms with van der Waals surface area (Å²) in [6.07, 6.45) is 5.62. The van der Waals surface area contributed by atoms with Crippen LogP contribution < -0.4 is 5.73 Å². The Bertz CT molecular complexity index is 325. The van der Waals surface area contributed by atoms with Crippen molar-refractivity contribution in [1.29, 1.82) is 0 Å². The minimum Gasteiger partial charge on any atom is -0.330 e. The number of unbranched alkanes of at least 4 members (excludes halogenated alkanes) is 3. The maximum absolute atomic E-state index is 11.7. The third-order valence-electron chi connectivity index (χ3n) is 2.46. The molecule has 0 aromatic carbocycles. The number of rotatable bonds is 8. The predicted octanol–water partition coefficient (Wildman–Crippen LogP) is 3.53. The number of carbonyl (C=O) groups is 1. The van der Waals surface area contributed by atoms with Crippen molar-refractivity contribution < 1.29 is 4.79 Å². The van der Waals surface area contributed by atoms with Crippen molar-refractivity contribution in [2.75, 3.05) is 6.54 Å².